The first kappa shape index (κ1) is 13.4. The Bertz CT molecular complexity index is 629. The Morgan fingerprint density at radius 2 is 2.05 bits per heavy atom. The molecule has 1 aliphatic rings. The van der Waals surface area contributed by atoms with Crippen LogP contribution in [0.3, 0.4) is 0 Å². The molecule has 3 rings (SSSR count). The third kappa shape index (κ3) is 2.67. The van der Waals surface area contributed by atoms with Crippen LogP contribution < -0.4 is 9.47 Å². The number of likely N-dealkylation sites (N-methyl/N-ethyl adjacent to an activating group) is 1. The average Bonchev–Trinajstić information content (AvgIpc) is 2.98. The first-order chi connectivity index (χ1) is 10.1. The summed E-state index contributed by atoms with van der Waals surface area (Å²) in [7, 11) is 1.70. The minimum atomic E-state index is -0.673. The molecular weight excluding hydrogens is 272 g/mol. The Hall–Kier alpha value is -2.57. The monoisotopic (exact) mass is 288 g/mol. The Morgan fingerprint density at radius 3 is 2.71 bits per heavy atom. The van der Waals surface area contributed by atoms with Crippen molar-refractivity contribution in [3.05, 3.63) is 36.4 Å². The van der Waals surface area contributed by atoms with Gasteiger partial charge in [-0.25, -0.2) is 4.98 Å². The van der Waals surface area contributed by atoms with Gasteiger partial charge in [-0.1, -0.05) is 12.1 Å². The number of nitrogens with one attached hydrogen (secondary N) is 1. The van der Waals surface area contributed by atoms with E-state index in [0.717, 1.165) is 0 Å². The maximum absolute atomic E-state index is 12.5. The van der Waals surface area contributed by atoms with Crippen LogP contribution in [0.5, 0.6) is 11.5 Å². The number of hydrogen-bond acceptors (Lipinski definition) is 5. The summed E-state index contributed by atoms with van der Waals surface area (Å²) in [5.41, 5.74) is 0. The van der Waals surface area contributed by atoms with Crippen molar-refractivity contribution in [1.29, 1.82) is 0 Å². The SMILES string of the molecule is CC1Oc2ccccc2OC1C(=O)N(C)Cc1ncn[nH]1. The summed E-state index contributed by atoms with van der Waals surface area (Å²) in [6, 6.07) is 7.33. The topological polar surface area (TPSA) is 80.3 Å². The molecule has 0 saturated heterocycles. The molecular formula is C14H16N4O3. The van der Waals surface area contributed by atoms with Gasteiger partial charge in [0.15, 0.2) is 11.5 Å². The summed E-state index contributed by atoms with van der Waals surface area (Å²) < 4.78 is 11.5. The van der Waals surface area contributed by atoms with Crippen LogP contribution in [0, 0.1) is 0 Å². The van der Waals surface area contributed by atoms with E-state index in [1.807, 2.05) is 25.1 Å². The van der Waals surface area contributed by atoms with E-state index >= 15 is 0 Å². The highest BCUT2D eigenvalue weighted by Crippen LogP contribution is 2.33. The highest BCUT2D eigenvalue weighted by atomic mass is 16.6. The normalized spacial score (nSPS) is 20.1. The first-order valence-corrected chi connectivity index (χ1v) is 6.66. The lowest BCUT2D eigenvalue weighted by Gasteiger charge is -2.33. The second kappa shape index (κ2) is 5.43. The van der Waals surface area contributed by atoms with Crippen LogP contribution in [-0.2, 0) is 11.3 Å². The molecule has 7 heteroatoms. The summed E-state index contributed by atoms with van der Waals surface area (Å²) >= 11 is 0. The van der Waals surface area contributed by atoms with Gasteiger partial charge < -0.3 is 14.4 Å². The van der Waals surface area contributed by atoms with E-state index in [0.29, 0.717) is 23.9 Å². The van der Waals surface area contributed by atoms with Gasteiger partial charge >= 0.3 is 0 Å². The number of fused-ring (bicyclic) bond motifs is 1. The predicted octanol–water partition coefficient (Wildman–Crippen LogP) is 0.992. The van der Waals surface area contributed by atoms with Crippen LogP contribution >= 0.6 is 0 Å². The molecule has 0 aliphatic carbocycles. The third-order valence-electron chi connectivity index (χ3n) is 3.31. The summed E-state index contributed by atoms with van der Waals surface area (Å²) in [5.74, 6) is 1.71. The summed E-state index contributed by atoms with van der Waals surface area (Å²) in [6.45, 7) is 2.16. The van der Waals surface area contributed by atoms with Crippen molar-refractivity contribution in [3.8, 4) is 11.5 Å². The lowest BCUT2D eigenvalue weighted by Crippen LogP contribution is -2.49. The van der Waals surface area contributed by atoms with Crippen molar-refractivity contribution in [2.45, 2.75) is 25.7 Å². The molecule has 0 bridgehead atoms. The molecule has 21 heavy (non-hydrogen) atoms. The van der Waals surface area contributed by atoms with Crippen molar-refractivity contribution in [3.63, 3.8) is 0 Å². The number of para-hydroxylation sites is 2. The predicted molar refractivity (Wildman–Crippen MR) is 73.8 cm³/mol. The minimum Gasteiger partial charge on any atom is -0.482 e. The van der Waals surface area contributed by atoms with Crippen molar-refractivity contribution < 1.29 is 14.3 Å². The van der Waals surface area contributed by atoms with Crippen LogP contribution in [0.2, 0.25) is 0 Å². The van der Waals surface area contributed by atoms with Gasteiger partial charge in [-0.05, 0) is 19.1 Å². The van der Waals surface area contributed by atoms with Crippen LogP contribution in [0.4, 0.5) is 0 Å². The zero-order valence-electron chi connectivity index (χ0n) is 11.8. The quantitative estimate of drug-likeness (QED) is 0.911. The number of amides is 1. The van der Waals surface area contributed by atoms with Crippen molar-refractivity contribution in [2.24, 2.45) is 0 Å². The molecule has 0 spiro atoms. The van der Waals surface area contributed by atoms with Crippen LogP contribution in [0.15, 0.2) is 30.6 Å². The molecule has 1 aromatic carbocycles. The van der Waals surface area contributed by atoms with E-state index in [1.165, 1.54) is 6.33 Å². The minimum absolute atomic E-state index is 0.159. The summed E-state index contributed by atoms with van der Waals surface area (Å²) in [5, 5.41) is 6.49. The van der Waals surface area contributed by atoms with Gasteiger partial charge in [0.25, 0.3) is 5.91 Å². The number of carbonyl (C=O) groups excluding carboxylic acids is 1. The molecule has 2 aromatic rings. The molecule has 7 nitrogen and oxygen atoms in total. The number of benzene rings is 1. The molecule has 1 N–H and O–H groups in total. The molecule has 1 aliphatic heterocycles. The maximum Gasteiger partial charge on any atom is 0.267 e. The third-order valence-corrected chi connectivity index (χ3v) is 3.31. The number of carbonyl (C=O) groups is 1. The average molecular weight is 288 g/mol. The van der Waals surface area contributed by atoms with Gasteiger partial charge in [0.05, 0.1) is 6.54 Å². The van der Waals surface area contributed by atoms with Gasteiger partial charge in [-0.15, -0.1) is 0 Å². The molecule has 110 valence electrons. The lowest BCUT2D eigenvalue weighted by atomic mass is 10.1. The highest BCUT2D eigenvalue weighted by molar-refractivity contribution is 5.82. The van der Waals surface area contributed by atoms with E-state index in [-0.39, 0.29) is 12.0 Å². The fourth-order valence-electron chi connectivity index (χ4n) is 2.22. The molecule has 0 radical (unpaired) electrons. The Morgan fingerprint density at radius 1 is 1.33 bits per heavy atom. The van der Waals surface area contributed by atoms with E-state index < -0.39 is 6.10 Å². The standard InChI is InChI=1S/C14H16N4O3/c1-9-13(21-11-6-4-3-5-10(11)20-9)14(19)18(2)7-12-15-8-16-17-12/h3-6,8-9,13H,7H2,1-2H3,(H,15,16,17). The molecule has 2 heterocycles. The first-order valence-electron chi connectivity index (χ1n) is 6.66. The fraction of sp³-hybridized carbons (Fsp3) is 0.357. The Labute approximate surface area is 121 Å². The molecule has 1 amide bonds. The lowest BCUT2D eigenvalue weighted by molar-refractivity contribution is -0.143. The van der Waals surface area contributed by atoms with Gasteiger partial charge in [-0.2, -0.15) is 5.10 Å². The zero-order valence-corrected chi connectivity index (χ0v) is 11.8. The van der Waals surface area contributed by atoms with Gasteiger partial charge in [0.1, 0.15) is 18.3 Å². The summed E-state index contributed by atoms with van der Waals surface area (Å²) in [6.07, 6.45) is 0.379. The highest BCUT2D eigenvalue weighted by Gasteiger charge is 2.35. The molecule has 2 unspecified atom stereocenters. The molecule has 2 atom stereocenters. The number of ether oxygens (including phenoxy) is 2. The zero-order chi connectivity index (χ0) is 14.8. The molecule has 1 aromatic heterocycles. The second-order valence-electron chi connectivity index (χ2n) is 4.93. The van der Waals surface area contributed by atoms with Crippen molar-refractivity contribution >= 4 is 5.91 Å². The van der Waals surface area contributed by atoms with E-state index in [4.69, 9.17) is 9.47 Å². The van der Waals surface area contributed by atoms with Gasteiger partial charge in [-0.3, -0.25) is 9.89 Å². The van der Waals surface area contributed by atoms with Crippen molar-refractivity contribution in [1.82, 2.24) is 20.1 Å². The number of aromatic nitrogens is 3. The Balaban J connectivity index is 1.73. The summed E-state index contributed by atoms with van der Waals surface area (Å²) in [4.78, 5) is 18.1. The largest absolute Gasteiger partial charge is 0.482 e. The molecule has 0 fully saturated rings. The fourth-order valence-corrected chi connectivity index (χ4v) is 2.22. The second-order valence-corrected chi connectivity index (χ2v) is 4.93. The Kier molecular flexibility index (Phi) is 3.47. The number of nitrogens with zero attached hydrogens (tertiary/aromatic N) is 3. The van der Waals surface area contributed by atoms with Crippen molar-refractivity contribution in [2.75, 3.05) is 7.05 Å². The van der Waals surface area contributed by atoms with E-state index in [1.54, 1.807) is 18.0 Å². The number of aromatic amines is 1. The van der Waals surface area contributed by atoms with Crippen LogP contribution in [0.25, 0.3) is 0 Å². The van der Waals surface area contributed by atoms with E-state index in [9.17, 15) is 4.79 Å². The number of rotatable bonds is 3. The van der Waals surface area contributed by atoms with Crippen LogP contribution in [-0.4, -0.2) is 45.2 Å². The maximum atomic E-state index is 12.5. The van der Waals surface area contributed by atoms with Gasteiger partial charge in [0, 0.05) is 7.05 Å². The van der Waals surface area contributed by atoms with Gasteiger partial charge in [0.2, 0.25) is 6.10 Å². The number of hydrogen-bond donors (Lipinski definition) is 1. The van der Waals surface area contributed by atoms with Crippen LogP contribution in [0.1, 0.15) is 12.7 Å². The smallest absolute Gasteiger partial charge is 0.267 e. The number of H-pyrrole nitrogens is 1. The molecule has 0 saturated carbocycles. The van der Waals surface area contributed by atoms with E-state index in [2.05, 4.69) is 15.2 Å².